The molecule has 0 aromatic heterocycles. The molecule has 6 heteroatoms. The number of anilines is 1. The summed E-state index contributed by atoms with van der Waals surface area (Å²) in [6, 6.07) is 25.6. The van der Waals surface area contributed by atoms with Gasteiger partial charge < -0.3 is 4.74 Å². The Kier molecular flexibility index (Phi) is 7.25. The molecule has 3 aromatic rings. The second kappa shape index (κ2) is 10.3. The summed E-state index contributed by atoms with van der Waals surface area (Å²) < 4.78 is 33.3. The number of nitrogens with zero attached hydrogens (tertiary/aromatic N) is 1. The summed E-state index contributed by atoms with van der Waals surface area (Å²) in [6.07, 6.45) is 5.53. The highest BCUT2D eigenvalue weighted by Gasteiger charge is 2.15. The number of allylic oxidation sites excluding steroid dienone is 1. The van der Waals surface area contributed by atoms with E-state index in [-0.39, 0.29) is 16.1 Å². The van der Waals surface area contributed by atoms with Gasteiger partial charge in [0.25, 0.3) is 10.0 Å². The van der Waals surface area contributed by atoms with Gasteiger partial charge in [0.2, 0.25) is 0 Å². The van der Waals surface area contributed by atoms with Crippen LogP contribution >= 0.6 is 0 Å². The average molecular weight is 418 g/mol. The lowest BCUT2D eigenvalue weighted by atomic mass is 10.1. The lowest BCUT2D eigenvalue weighted by molar-refractivity contribution is 0.311. The van der Waals surface area contributed by atoms with Gasteiger partial charge in [-0.1, -0.05) is 54.6 Å². The molecule has 1 N–H and O–H groups in total. The molecule has 0 amide bonds. The standard InChI is InChI=1S/C24H21N2O3S/c25-19-21-16-15-20(10-4-3-9-17-29-22-11-5-1-6-12-22)18-24(21)26-30(27,28)23-13-7-2-8-14-23/h1-2,4-8,10-11,13-16,18,26H,3,9,17H2/b10-4+. The molecule has 0 saturated heterocycles. The lowest BCUT2D eigenvalue weighted by Crippen LogP contribution is -2.13. The van der Waals surface area contributed by atoms with Gasteiger partial charge in [0.15, 0.2) is 0 Å². The number of para-hydroxylation sites is 1. The van der Waals surface area contributed by atoms with E-state index >= 15 is 0 Å². The van der Waals surface area contributed by atoms with E-state index in [1.165, 1.54) is 12.1 Å². The van der Waals surface area contributed by atoms with E-state index in [1.807, 2.05) is 42.5 Å². The molecule has 0 unspecified atom stereocenters. The second-order valence-electron chi connectivity index (χ2n) is 6.46. The summed E-state index contributed by atoms with van der Waals surface area (Å²) in [5.74, 6) is 0.726. The fraction of sp³-hybridized carbons (Fsp3) is 0.125. The number of hydrogen-bond donors (Lipinski definition) is 1. The zero-order valence-electron chi connectivity index (χ0n) is 16.3. The highest BCUT2D eigenvalue weighted by molar-refractivity contribution is 7.92. The van der Waals surface area contributed by atoms with Crippen LogP contribution in [-0.4, -0.2) is 15.0 Å². The molecule has 151 valence electrons. The molecule has 0 fully saturated rings. The van der Waals surface area contributed by atoms with Crippen molar-refractivity contribution in [2.75, 3.05) is 11.3 Å². The maximum atomic E-state index is 12.6. The summed E-state index contributed by atoms with van der Waals surface area (Å²) in [6.45, 7) is 0.584. The van der Waals surface area contributed by atoms with Gasteiger partial charge >= 0.3 is 0 Å². The third-order valence-corrected chi connectivity index (χ3v) is 5.61. The van der Waals surface area contributed by atoms with Gasteiger partial charge in [-0.15, -0.1) is 0 Å². The monoisotopic (exact) mass is 417 g/mol. The molecule has 30 heavy (non-hydrogen) atoms. The Morgan fingerprint density at radius 3 is 2.60 bits per heavy atom. The Morgan fingerprint density at radius 2 is 1.87 bits per heavy atom. The molecular formula is C24H21N2O3S. The Labute approximate surface area is 177 Å². The van der Waals surface area contributed by atoms with Gasteiger partial charge in [-0.3, -0.25) is 4.72 Å². The third kappa shape index (κ3) is 5.97. The van der Waals surface area contributed by atoms with Gasteiger partial charge in [-0.05, 0) is 48.7 Å². The number of ether oxygens (including phenoxy) is 1. The Bertz CT molecular complexity index is 1140. The summed E-state index contributed by atoms with van der Waals surface area (Å²) >= 11 is 0. The number of nitriles is 1. The molecule has 0 saturated carbocycles. The minimum atomic E-state index is -3.77. The first-order chi connectivity index (χ1) is 14.6. The van der Waals surface area contributed by atoms with Crippen LogP contribution in [0.5, 0.6) is 5.75 Å². The molecule has 0 aliphatic carbocycles. The van der Waals surface area contributed by atoms with Gasteiger partial charge in [0, 0.05) is 6.07 Å². The minimum Gasteiger partial charge on any atom is -0.493 e. The molecule has 0 aliphatic heterocycles. The van der Waals surface area contributed by atoms with Crippen LogP contribution in [0.1, 0.15) is 24.0 Å². The van der Waals surface area contributed by atoms with Gasteiger partial charge in [-0.2, -0.15) is 5.26 Å². The molecule has 0 spiro atoms. The van der Waals surface area contributed by atoms with Crippen molar-refractivity contribution >= 4 is 21.8 Å². The van der Waals surface area contributed by atoms with E-state index in [4.69, 9.17) is 4.74 Å². The highest BCUT2D eigenvalue weighted by atomic mass is 32.2. The van der Waals surface area contributed by atoms with E-state index < -0.39 is 10.0 Å². The smallest absolute Gasteiger partial charge is 0.261 e. The number of sulfonamides is 1. The predicted molar refractivity (Wildman–Crippen MR) is 117 cm³/mol. The SMILES string of the molecule is N#Cc1ccc(/C=C/CCCOc2[c]cccc2)cc1NS(=O)(=O)c1ccccc1. The van der Waals surface area contributed by atoms with E-state index in [0.717, 1.165) is 24.2 Å². The molecule has 3 aromatic carbocycles. The van der Waals surface area contributed by atoms with Crippen LogP contribution in [0.3, 0.4) is 0 Å². The topological polar surface area (TPSA) is 79.2 Å². The van der Waals surface area contributed by atoms with Gasteiger partial charge in [0.1, 0.15) is 11.8 Å². The summed E-state index contributed by atoms with van der Waals surface area (Å²) in [5.41, 5.74) is 1.32. The van der Waals surface area contributed by atoms with Crippen molar-refractivity contribution in [2.24, 2.45) is 0 Å². The maximum Gasteiger partial charge on any atom is 0.261 e. The fourth-order valence-corrected chi connectivity index (χ4v) is 3.81. The molecule has 0 bridgehead atoms. The molecule has 1 radical (unpaired) electrons. The van der Waals surface area contributed by atoms with Crippen LogP contribution in [0.15, 0.2) is 83.8 Å². The Hall–Kier alpha value is -3.56. The van der Waals surface area contributed by atoms with Crippen LogP contribution in [-0.2, 0) is 10.0 Å². The van der Waals surface area contributed by atoms with Crippen LogP contribution in [0.2, 0.25) is 0 Å². The summed E-state index contributed by atoms with van der Waals surface area (Å²) in [4.78, 5) is 0.144. The number of hydrogen-bond acceptors (Lipinski definition) is 4. The van der Waals surface area contributed by atoms with E-state index in [2.05, 4.69) is 10.8 Å². The summed E-state index contributed by atoms with van der Waals surface area (Å²) in [7, 11) is -3.77. The van der Waals surface area contributed by atoms with Crippen LogP contribution in [0.25, 0.3) is 6.08 Å². The van der Waals surface area contributed by atoms with Crippen molar-refractivity contribution < 1.29 is 13.2 Å². The zero-order valence-corrected chi connectivity index (χ0v) is 17.1. The Morgan fingerprint density at radius 1 is 1.07 bits per heavy atom. The van der Waals surface area contributed by atoms with Crippen molar-refractivity contribution in [3.05, 3.63) is 96.1 Å². The zero-order chi connectivity index (χ0) is 21.2. The first-order valence-corrected chi connectivity index (χ1v) is 10.9. The summed E-state index contributed by atoms with van der Waals surface area (Å²) in [5, 5.41) is 9.32. The van der Waals surface area contributed by atoms with Crippen molar-refractivity contribution in [2.45, 2.75) is 17.7 Å². The lowest BCUT2D eigenvalue weighted by Gasteiger charge is -2.10. The quantitative estimate of drug-likeness (QED) is 0.495. The normalized spacial score (nSPS) is 11.2. The maximum absolute atomic E-state index is 12.6. The highest BCUT2D eigenvalue weighted by Crippen LogP contribution is 2.22. The van der Waals surface area contributed by atoms with Crippen LogP contribution in [0.4, 0.5) is 5.69 Å². The van der Waals surface area contributed by atoms with Crippen molar-refractivity contribution in [3.8, 4) is 11.8 Å². The van der Waals surface area contributed by atoms with Crippen molar-refractivity contribution in [3.63, 3.8) is 0 Å². The number of benzene rings is 3. The van der Waals surface area contributed by atoms with E-state index in [1.54, 1.807) is 36.4 Å². The number of rotatable bonds is 9. The number of unbranched alkanes of at least 4 members (excludes halogenated alkanes) is 1. The predicted octanol–water partition coefficient (Wildman–Crippen LogP) is 5.03. The average Bonchev–Trinajstić information content (AvgIpc) is 2.77. The van der Waals surface area contributed by atoms with Gasteiger partial charge in [-0.25, -0.2) is 8.42 Å². The van der Waals surface area contributed by atoms with Crippen molar-refractivity contribution in [1.82, 2.24) is 0 Å². The molecule has 0 aliphatic rings. The van der Waals surface area contributed by atoms with Gasteiger partial charge in [0.05, 0.1) is 22.8 Å². The first kappa shape index (κ1) is 21.2. The molecule has 3 rings (SSSR count). The molecule has 0 heterocycles. The largest absolute Gasteiger partial charge is 0.493 e. The Balaban J connectivity index is 1.61. The fourth-order valence-electron chi connectivity index (χ4n) is 2.72. The van der Waals surface area contributed by atoms with Crippen LogP contribution in [0, 0.1) is 17.4 Å². The third-order valence-electron chi connectivity index (χ3n) is 4.23. The molecule has 5 nitrogen and oxygen atoms in total. The number of nitrogens with one attached hydrogen (secondary N) is 1. The first-order valence-electron chi connectivity index (χ1n) is 9.46. The minimum absolute atomic E-state index is 0.144. The molecular weight excluding hydrogens is 396 g/mol. The molecule has 0 atom stereocenters. The second-order valence-corrected chi connectivity index (χ2v) is 8.14. The van der Waals surface area contributed by atoms with Crippen molar-refractivity contribution in [1.29, 1.82) is 5.26 Å². The van der Waals surface area contributed by atoms with Crippen LogP contribution < -0.4 is 9.46 Å². The van der Waals surface area contributed by atoms with E-state index in [9.17, 15) is 13.7 Å². The van der Waals surface area contributed by atoms with E-state index in [0.29, 0.717) is 6.61 Å².